The molecule has 5 rings (SSSR count). The number of sulfonamides is 2. The smallest absolute Gasteiger partial charge is 0.243 e. The Balaban J connectivity index is 1.64. The number of fused-ring (bicyclic) bond motifs is 2. The summed E-state index contributed by atoms with van der Waals surface area (Å²) in [6.45, 7) is 7.97. The second-order valence-electron chi connectivity index (χ2n) is 13.7. The van der Waals surface area contributed by atoms with Crippen LogP contribution in [0.15, 0.2) is 56.5 Å². The molecule has 2 saturated heterocycles. The quantitative estimate of drug-likeness (QED) is 0.208. The highest BCUT2D eigenvalue weighted by molar-refractivity contribution is 7.89. The Kier molecular flexibility index (Phi) is 11.6. The molecule has 0 unspecified atom stereocenters. The zero-order chi connectivity index (χ0) is 34.6. The minimum Gasteiger partial charge on any atom is -0.394 e. The van der Waals surface area contributed by atoms with Gasteiger partial charge in [-0.1, -0.05) is 36.3 Å². The second-order valence-corrected chi connectivity index (χ2v) is 17.6. The van der Waals surface area contributed by atoms with Crippen molar-refractivity contribution in [3.05, 3.63) is 58.7 Å². The maximum absolute atomic E-state index is 13.9. The van der Waals surface area contributed by atoms with Gasteiger partial charge < -0.3 is 19.5 Å². The van der Waals surface area contributed by atoms with E-state index >= 15 is 0 Å². The molecule has 0 saturated carbocycles. The van der Waals surface area contributed by atoms with Crippen molar-refractivity contribution in [2.75, 3.05) is 80.7 Å². The Morgan fingerprint density at radius 2 is 0.979 bits per heavy atom. The largest absolute Gasteiger partial charge is 0.394 e. The maximum atomic E-state index is 13.9. The van der Waals surface area contributed by atoms with Gasteiger partial charge in [0.05, 0.1) is 9.79 Å². The lowest BCUT2D eigenvalue weighted by Crippen LogP contribution is -2.38. The summed E-state index contributed by atoms with van der Waals surface area (Å²) in [4.78, 5) is 15.8. The van der Waals surface area contributed by atoms with Crippen molar-refractivity contribution in [1.29, 1.82) is 0 Å². The molecule has 2 aromatic carbocycles. The summed E-state index contributed by atoms with van der Waals surface area (Å²) in [5, 5.41) is 9.09. The lowest BCUT2D eigenvalue weighted by molar-refractivity contribution is 0.125. The number of hydrogen-bond acceptors (Lipinski definition) is 10. The fraction of sp³-hybridized carbons (Fsp3) is 0.588. The third-order valence-corrected chi connectivity index (χ3v) is 13.1. The molecule has 0 atom stereocenters. The van der Waals surface area contributed by atoms with E-state index in [0.717, 1.165) is 25.7 Å². The molecule has 0 spiro atoms. The highest BCUT2D eigenvalue weighted by Gasteiger charge is 2.35. The lowest BCUT2D eigenvalue weighted by Gasteiger charge is -2.30. The zero-order valence-corrected chi connectivity index (χ0v) is 30.7. The Labute approximate surface area is 286 Å². The van der Waals surface area contributed by atoms with E-state index in [1.54, 1.807) is 45.0 Å². The van der Waals surface area contributed by atoms with Crippen LogP contribution in [0.1, 0.15) is 61.8 Å². The van der Waals surface area contributed by atoms with E-state index in [2.05, 4.69) is 24.2 Å². The molecule has 0 N–H and O–H groups in total. The molecule has 264 valence electrons. The first kappa shape index (κ1) is 36.4. The first-order valence-electron chi connectivity index (χ1n) is 16.8. The van der Waals surface area contributed by atoms with Crippen molar-refractivity contribution < 1.29 is 26.5 Å². The second kappa shape index (κ2) is 15.3. The topological polar surface area (TPSA) is 124 Å². The molecule has 2 heterocycles. The van der Waals surface area contributed by atoms with Gasteiger partial charge >= 0.3 is 0 Å². The predicted octanol–water partition coefficient (Wildman–Crippen LogP) is 3.50. The van der Waals surface area contributed by atoms with Crippen molar-refractivity contribution in [2.24, 2.45) is 22.1 Å². The standard InChI is InChI=1S/C34H50N6O6S2/c1-25-11-15-39(16-12-25)47(41,42)27-7-9-29-31(23-27)34(36-46-22-20-38(5)6)32-24-28(48(43,44)40-17-13-26(2)14-18-40)8-10-30(32)33(29)35-45-21-19-37(3)4/h7-10,23-26H,11-22H2,1-6H3. The number of hydrogen-bond donors (Lipinski definition) is 0. The Morgan fingerprint density at radius 1 is 0.625 bits per heavy atom. The normalized spacial score (nSPS) is 18.6. The van der Waals surface area contributed by atoms with Crippen LogP contribution in [-0.4, -0.2) is 127 Å². The molecule has 2 fully saturated rings. The van der Waals surface area contributed by atoms with Crippen LogP contribution in [0, 0.1) is 11.8 Å². The number of piperidine rings is 2. The van der Waals surface area contributed by atoms with Gasteiger partial charge in [0, 0.05) is 61.5 Å². The van der Waals surface area contributed by atoms with Gasteiger partial charge in [-0.05, 0) is 90.0 Å². The van der Waals surface area contributed by atoms with E-state index in [-0.39, 0.29) is 16.4 Å². The molecule has 48 heavy (non-hydrogen) atoms. The van der Waals surface area contributed by atoms with E-state index in [1.807, 2.05) is 38.0 Å². The van der Waals surface area contributed by atoms with Gasteiger partial charge in [0.15, 0.2) is 0 Å². The van der Waals surface area contributed by atoms with Crippen LogP contribution >= 0.6 is 0 Å². The molecular weight excluding hydrogens is 653 g/mol. The highest BCUT2D eigenvalue weighted by Crippen LogP contribution is 2.34. The van der Waals surface area contributed by atoms with Crippen molar-refractivity contribution >= 4 is 31.5 Å². The average molecular weight is 703 g/mol. The molecule has 2 aliphatic heterocycles. The van der Waals surface area contributed by atoms with E-state index < -0.39 is 20.0 Å². The molecule has 0 radical (unpaired) electrons. The van der Waals surface area contributed by atoms with Gasteiger partial charge in [0.25, 0.3) is 0 Å². The number of oxime groups is 2. The summed E-state index contributed by atoms with van der Waals surface area (Å²) in [7, 11) is 0.133. The number of benzene rings is 2. The van der Waals surface area contributed by atoms with Gasteiger partial charge in [-0.25, -0.2) is 16.8 Å². The van der Waals surface area contributed by atoms with Crippen LogP contribution in [0.5, 0.6) is 0 Å². The fourth-order valence-corrected chi connectivity index (χ4v) is 9.07. The first-order chi connectivity index (χ1) is 22.8. The summed E-state index contributed by atoms with van der Waals surface area (Å²) in [5.74, 6) is 0.944. The predicted molar refractivity (Wildman–Crippen MR) is 187 cm³/mol. The molecule has 3 aliphatic rings. The fourth-order valence-electron chi connectivity index (χ4n) is 6.08. The van der Waals surface area contributed by atoms with E-state index in [9.17, 15) is 16.8 Å². The van der Waals surface area contributed by atoms with Crippen molar-refractivity contribution in [2.45, 2.75) is 49.3 Å². The number of likely N-dealkylation sites (N-methyl/N-ethyl adjacent to an activating group) is 2. The van der Waals surface area contributed by atoms with Gasteiger partial charge in [-0.15, -0.1) is 0 Å². The first-order valence-corrected chi connectivity index (χ1v) is 19.7. The van der Waals surface area contributed by atoms with Crippen LogP contribution < -0.4 is 0 Å². The molecule has 0 bridgehead atoms. The van der Waals surface area contributed by atoms with Gasteiger partial charge in [0.1, 0.15) is 24.6 Å². The SMILES string of the molecule is CC1CCN(S(=O)(=O)c2ccc3c(c2)C(=NOCCN(C)C)c2cc(S(=O)(=O)N4CCC(C)CC4)ccc2C3=NOCCN(C)C)CC1. The zero-order valence-electron chi connectivity index (χ0n) is 29.1. The van der Waals surface area contributed by atoms with E-state index in [0.29, 0.717) is 91.4 Å². The van der Waals surface area contributed by atoms with Crippen LogP contribution in [0.3, 0.4) is 0 Å². The van der Waals surface area contributed by atoms with Crippen LogP contribution in [-0.2, 0) is 29.7 Å². The van der Waals surface area contributed by atoms with Crippen molar-refractivity contribution in [1.82, 2.24) is 18.4 Å². The van der Waals surface area contributed by atoms with Gasteiger partial charge in [-0.3, -0.25) is 0 Å². The summed E-state index contributed by atoms with van der Waals surface area (Å²) in [6.07, 6.45) is 3.22. The molecular formula is C34H50N6O6S2. The maximum Gasteiger partial charge on any atom is 0.243 e. The van der Waals surface area contributed by atoms with Crippen LogP contribution in [0.2, 0.25) is 0 Å². The minimum atomic E-state index is -3.80. The monoisotopic (exact) mass is 702 g/mol. The number of rotatable bonds is 12. The third kappa shape index (κ3) is 8.11. The molecule has 0 aromatic heterocycles. The van der Waals surface area contributed by atoms with Gasteiger partial charge in [0.2, 0.25) is 20.0 Å². The van der Waals surface area contributed by atoms with E-state index in [1.165, 1.54) is 0 Å². The van der Waals surface area contributed by atoms with Gasteiger partial charge in [-0.2, -0.15) is 8.61 Å². The van der Waals surface area contributed by atoms with Crippen LogP contribution in [0.4, 0.5) is 0 Å². The summed E-state index contributed by atoms with van der Waals surface area (Å²) < 4.78 is 58.7. The van der Waals surface area contributed by atoms with Crippen molar-refractivity contribution in [3.63, 3.8) is 0 Å². The third-order valence-electron chi connectivity index (χ3n) is 9.33. The minimum absolute atomic E-state index is 0.138. The summed E-state index contributed by atoms with van der Waals surface area (Å²) in [6, 6.07) is 9.91. The Morgan fingerprint density at radius 3 is 1.33 bits per heavy atom. The Bertz CT molecular complexity index is 1620. The Hall–Kier alpha value is -2.88. The number of nitrogens with zero attached hydrogens (tertiary/aromatic N) is 6. The molecule has 12 nitrogen and oxygen atoms in total. The summed E-state index contributed by atoms with van der Waals surface area (Å²) in [5.41, 5.74) is 3.02. The summed E-state index contributed by atoms with van der Waals surface area (Å²) >= 11 is 0. The molecule has 14 heteroatoms. The molecule has 1 aliphatic carbocycles. The van der Waals surface area contributed by atoms with Crippen molar-refractivity contribution in [3.8, 4) is 0 Å². The highest BCUT2D eigenvalue weighted by atomic mass is 32.2. The lowest BCUT2D eigenvalue weighted by atomic mass is 9.83. The van der Waals surface area contributed by atoms with E-state index in [4.69, 9.17) is 9.68 Å². The molecule has 2 aromatic rings. The van der Waals surface area contributed by atoms with Crippen LogP contribution in [0.25, 0.3) is 0 Å². The average Bonchev–Trinajstić information content (AvgIpc) is 3.05. The molecule has 0 amide bonds.